The van der Waals surface area contributed by atoms with Crippen LogP contribution in [-0.2, 0) is 6.42 Å². The highest BCUT2D eigenvalue weighted by Crippen LogP contribution is 2.19. The van der Waals surface area contributed by atoms with Crippen molar-refractivity contribution in [1.82, 2.24) is 25.1 Å². The van der Waals surface area contributed by atoms with Gasteiger partial charge in [-0.15, -0.1) is 0 Å². The van der Waals surface area contributed by atoms with E-state index >= 15 is 0 Å². The largest absolute Gasteiger partial charge is 0.341 e. The van der Waals surface area contributed by atoms with Crippen LogP contribution < -0.4 is 0 Å². The first-order chi connectivity index (χ1) is 8.72. The molecule has 0 atom stereocenters. The summed E-state index contributed by atoms with van der Waals surface area (Å²) in [7, 11) is 0. The number of rotatable bonds is 3. The van der Waals surface area contributed by atoms with Gasteiger partial charge in [-0.2, -0.15) is 5.10 Å². The van der Waals surface area contributed by atoms with Gasteiger partial charge in [-0.1, -0.05) is 13.8 Å². The molecule has 5 nitrogen and oxygen atoms in total. The first kappa shape index (κ1) is 11.0. The molecule has 0 aliphatic rings. The Hall–Kier alpha value is -2.17. The topological polar surface area (TPSA) is 70.2 Å². The van der Waals surface area contributed by atoms with E-state index in [1.165, 1.54) is 0 Å². The number of nitrogens with one attached hydrogen (secondary N) is 2. The molecule has 3 rings (SSSR count). The molecule has 0 bridgehead atoms. The van der Waals surface area contributed by atoms with Crippen molar-refractivity contribution < 1.29 is 0 Å². The van der Waals surface area contributed by atoms with E-state index in [0.717, 1.165) is 34.7 Å². The molecule has 0 saturated heterocycles. The smallest absolute Gasteiger partial charge is 0.107 e. The van der Waals surface area contributed by atoms with Crippen molar-refractivity contribution in [3.8, 4) is 11.4 Å². The van der Waals surface area contributed by atoms with Crippen molar-refractivity contribution in [2.24, 2.45) is 5.92 Å². The predicted octanol–water partition coefficient (Wildman–Crippen LogP) is 2.55. The average Bonchev–Trinajstić information content (AvgIpc) is 2.94. The molecule has 0 amide bonds. The summed E-state index contributed by atoms with van der Waals surface area (Å²) in [6, 6.07) is 3.87. The van der Waals surface area contributed by atoms with Gasteiger partial charge in [0, 0.05) is 12.6 Å². The fourth-order valence-electron chi connectivity index (χ4n) is 1.99. The lowest BCUT2D eigenvalue weighted by Gasteiger charge is -1.98. The van der Waals surface area contributed by atoms with Gasteiger partial charge in [0.25, 0.3) is 0 Å². The Balaban J connectivity index is 2.02. The Morgan fingerprint density at radius 2 is 2.22 bits per heavy atom. The molecule has 0 saturated carbocycles. The van der Waals surface area contributed by atoms with E-state index in [9.17, 15) is 0 Å². The lowest BCUT2D eigenvalue weighted by molar-refractivity contribution is 0.627. The van der Waals surface area contributed by atoms with Crippen molar-refractivity contribution in [1.29, 1.82) is 0 Å². The number of nitrogens with zero attached hydrogens (tertiary/aromatic N) is 3. The molecular weight excluding hydrogens is 226 g/mol. The van der Waals surface area contributed by atoms with Crippen molar-refractivity contribution in [3.63, 3.8) is 0 Å². The molecule has 0 radical (unpaired) electrons. The van der Waals surface area contributed by atoms with Gasteiger partial charge in [-0.25, -0.2) is 4.98 Å². The van der Waals surface area contributed by atoms with Crippen LogP contribution in [0.4, 0.5) is 0 Å². The van der Waals surface area contributed by atoms with Crippen LogP contribution in [-0.4, -0.2) is 25.1 Å². The van der Waals surface area contributed by atoms with Crippen LogP contribution in [0.1, 0.15) is 19.7 Å². The van der Waals surface area contributed by atoms with E-state index in [0.29, 0.717) is 5.92 Å². The second-order valence-electron chi connectivity index (χ2n) is 4.84. The highest BCUT2D eigenvalue weighted by molar-refractivity contribution is 5.78. The number of aromatic nitrogens is 5. The highest BCUT2D eigenvalue weighted by Gasteiger charge is 2.07. The molecule has 3 aromatic heterocycles. The summed E-state index contributed by atoms with van der Waals surface area (Å²) in [6.45, 7) is 4.36. The zero-order chi connectivity index (χ0) is 12.5. The van der Waals surface area contributed by atoms with Crippen LogP contribution in [0, 0.1) is 5.92 Å². The molecule has 0 unspecified atom stereocenters. The van der Waals surface area contributed by atoms with Crippen molar-refractivity contribution >= 4 is 11.0 Å². The third kappa shape index (κ3) is 1.99. The molecule has 0 aromatic carbocycles. The summed E-state index contributed by atoms with van der Waals surface area (Å²) in [5.74, 6) is 1.61. The SMILES string of the molecule is CC(C)Cc1nc2cc(-c3ccn[nH]3)ncc2[nH]1. The van der Waals surface area contributed by atoms with Crippen LogP contribution >= 0.6 is 0 Å². The second-order valence-corrected chi connectivity index (χ2v) is 4.84. The standard InChI is InChI=1S/C13H15N5/c1-8(2)5-13-16-11-6-10(9-3-4-15-18-9)14-7-12(11)17-13/h3-4,6-8H,5H2,1-2H3,(H,15,18)(H,16,17). The van der Waals surface area contributed by atoms with E-state index in [1.807, 2.05) is 18.3 Å². The van der Waals surface area contributed by atoms with Crippen LogP contribution in [0.2, 0.25) is 0 Å². The monoisotopic (exact) mass is 241 g/mol. The summed E-state index contributed by atoms with van der Waals surface area (Å²) in [6.07, 6.45) is 4.49. The van der Waals surface area contributed by atoms with Gasteiger partial charge in [-0.3, -0.25) is 10.1 Å². The third-order valence-electron chi connectivity index (χ3n) is 2.79. The molecule has 2 N–H and O–H groups in total. The van der Waals surface area contributed by atoms with Gasteiger partial charge in [-0.05, 0) is 18.1 Å². The molecule has 0 fully saturated rings. The van der Waals surface area contributed by atoms with Gasteiger partial charge >= 0.3 is 0 Å². The number of imidazole rings is 1. The Morgan fingerprint density at radius 1 is 1.33 bits per heavy atom. The first-order valence-electron chi connectivity index (χ1n) is 6.07. The number of H-pyrrole nitrogens is 2. The fraction of sp³-hybridized carbons (Fsp3) is 0.308. The van der Waals surface area contributed by atoms with Gasteiger partial charge in [0.2, 0.25) is 0 Å². The summed E-state index contributed by atoms with van der Waals surface area (Å²) >= 11 is 0. The summed E-state index contributed by atoms with van der Waals surface area (Å²) in [5, 5.41) is 6.84. The Morgan fingerprint density at radius 3 is 2.94 bits per heavy atom. The molecule has 18 heavy (non-hydrogen) atoms. The maximum atomic E-state index is 4.59. The van der Waals surface area contributed by atoms with Gasteiger partial charge in [0.15, 0.2) is 0 Å². The number of hydrogen-bond donors (Lipinski definition) is 2. The Kier molecular flexibility index (Phi) is 2.59. The molecular formula is C13H15N5. The lowest BCUT2D eigenvalue weighted by atomic mass is 10.1. The quantitative estimate of drug-likeness (QED) is 0.740. The molecule has 0 aliphatic carbocycles. The molecule has 92 valence electrons. The van der Waals surface area contributed by atoms with Gasteiger partial charge in [0.05, 0.1) is 28.6 Å². The maximum absolute atomic E-state index is 4.59. The van der Waals surface area contributed by atoms with Crippen LogP contribution in [0.3, 0.4) is 0 Å². The normalized spacial score (nSPS) is 11.5. The Bertz CT molecular complexity index is 651. The molecule has 0 aliphatic heterocycles. The molecule has 5 heteroatoms. The number of fused-ring (bicyclic) bond motifs is 1. The second kappa shape index (κ2) is 4.25. The minimum atomic E-state index is 0.589. The van der Waals surface area contributed by atoms with Gasteiger partial charge < -0.3 is 4.98 Å². The summed E-state index contributed by atoms with van der Waals surface area (Å²) in [4.78, 5) is 12.3. The van der Waals surface area contributed by atoms with Crippen molar-refractivity contribution in [2.45, 2.75) is 20.3 Å². The summed E-state index contributed by atoms with van der Waals surface area (Å²) in [5.41, 5.74) is 3.70. The van der Waals surface area contributed by atoms with E-state index in [-0.39, 0.29) is 0 Å². The van der Waals surface area contributed by atoms with E-state index in [4.69, 9.17) is 0 Å². The lowest BCUT2D eigenvalue weighted by Crippen LogP contribution is -1.95. The fourth-order valence-corrected chi connectivity index (χ4v) is 1.99. The van der Waals surface area contributed by atoms with Crippen LogP contribution in [0.15, 0.2) is 24.5 Å². The number of hydrogen-bond acceptors (Lipinski definition) is 3. The minimum absolute atomic E-state index is 0.589. The van der Waals surface area contributed by atoms with Crippen molar-refractivity contribution in [2.75, 3.05) is 0 Å². The van der Waals surface area contributed by atoms with E-state index < -0.39 is 0 Å². The minimum Gasteiger partial charge on any atom is -0.341 e. The average molecular weight is 241 g/mol. The molecule has 0 spiro atoms. The highest BCUT2D eigenvalue weighted by atomic mass is 15.1. The molecule has 3 aromatic rings. The van der Waals surface area contributed by atoms with Gasteiger partial charge in [0.1, 0.15) is 5.82 Å². The van der Waals surface area contributed by atoms with E-state index in [1.54, 1.807) is 6.20 Å². The number of aromatic amines is 2. The Labute approximate surface area is 105 Å². The predicted molar refractivity (Wildman–Crippen MR) is 70.0 cm³/mol. The third-order valence-corrected chi connectivity index (χ3v) is 2.79. The van der Waals surface area contributed by atoms with Crippen LogP contribution in [0.5, 0.6) is 0 Å². The first-order valence-corrected chi connectivity index (χ1v) is 6.07. The van der Waals surface area contributed by atoms with Crippen molar-refractivity contribution in [3.05, 3.63) is 30.4 Å². The zero-order valence-corrected chi connectivity index (χ0v) is 10.4. The zero-order valence-electron chi connectivity index (χ0n) is 10.4. The summed E-state index contributed by atoms with van der Waals surface area (Å²) < 4.78 is 0. The number of pyridine rings is 1. The van der Waals surface area contributed by atoms with Crippen LogP contribution in [0.25, 0.3) is 22.4 Å². The maximum Gasteiger partial charge on any atom is 0.107 e. The molecule has 3 heterocycles. The van der Waals surface area contributed by atoms with E-state index in [2.05, 4.69) is 39.0 Å².